The molecular formula is C26H37NO3S. The first-order chi connectivity index (χ1) is 14.4. The summed E-state index contributed by atoms with van der Waals surface area (Å²) in [6.07, 6.45) is 1.91. The zero-order valence-electron chi connectivity index (χ0n) is 20.0. The Bertz CT molecular complexity index is 859. The van der Waals surface area contributed by atoms with Gasteiger partial charge in [-0.05, 0) is 58.2 Å². The molecule has 0 fully saturated rings. The summed E-state index contributed by atoms with van der Waals surface area (Å²) in [5.74, 6) is 2.47. The van der Waals surface area contributed by atoms with E-state index in [0.717, 1.165) is 41.2 Å². The summed E-state index contributed by atoms with van der Waals surface area (Å²) < 4.78 is 5.19. The van der Waals surface area contributed by atoms with Gasteiger partial charge in [0.2, 0.25) is 5.91 Å². The molecule has 0 saturated carbocycles. The average Bonchev–Trinajstić information content (AvgIpc) is 2.67. The van der Waals surface area contributed by atoms with Gasteiger partial charge in [-0.25, -0.2) is 0 Å². The van der Waals surface area contributed by atoms with Gasteiger partial charge in [0.25, 0.3) is 0 Å². The zero-order chi connectivity index (χ0) is 23.2. The highest BCUT2D eigenvalue weighted by Gasteiger charge is 2.26. The SMILES string of the molecule is COc1cccc(NC(=O)CSCCCc2cc(C(C)(C)C)c(O)c(C(C)(C)C)c2)c1. The lowest BCUT2D eigenvalue weighted by atomic mass is 9.78. The maximum atomic E-state index is 12.2. The third kappa shape index (κ3) is 7.49. The van der Waals surface area contributed by atoms with Crippen molar-refractivity contribution in [3.63, 3.8) is 0 Å². The number of anilines is 1. The topological polar surface area (TPSA) is 58.6 Å². The summed E-state index contributed by atoms with van der Waals surface area (Å²) in [6, 6.07) is 11.7. The van der Waals surface area contributed by atoms with E-state index in [4.69, 9.17) is 4.74 Å². The molecule has 31 heavy (non-hydrogen) atoms. The van der Waals surface area contributed by atoms with Gasteiger partial charge in [-0.15, -0.1) is 0 Å². The molecule has 1 amide bonds. The molecule has 0 bridgehead atoms. The van der Waals surface area contributed by atoms with Crippen molar-refractivity contribution in [1.82, 2.24) is 0 Å². The molecule has 2 N–H and O–H groups in total. The van der Waals surface area contributed by atoms with Gasteiger partial charge in [0, 0.05) is 11.8 Å². The molecule has 0 saturated heterocycles. The van der Waals surface area contributed by atoms with Crippen LogP contribution in [0.25, 0.3) is 0 Å². The zero-order valence-corrected chi connectivity index (χ0v) is 20.8. The predicted molar refractivity (Wildman–Crippen MR) is 133 cm³/mol. The maximum Gasteiger partial charge on any atom is 0.234 e. The van der Waals surface area contributed by atoms with E-state index in [1.165, 1.54) is 5.56 Å². The number of aryl methyl sites for hydroxylation is 1. The van der Waals surface area contributed by atoms with Crippen LogP contribution in [0.5, 0.6) is 11.5 Å². The van der Waals surface area contributed by atoms with Crippen molar-refractivity contribution in [3.05, 3.63) is 53.1 Å². The number of amides is 1. The van der Waals surface area contributed by atoms with Crippen LogP contribution in [0, 0.1) is 0 Å². The lowest BCUT2D eigenvalue weighted by Crippen LogP contribution is -2.18. The molecule has 4 nitrogen and oxygen atoms in total. The molecule has 0 unspecified atom stereocenters. The van der Waals surface area contributed by atoms with Crippen LogP contribution in [0.15, 0.2) is 36.4 Å². The summed E-state index contributed by atoms with van der Waals surface area (Å²) in [6.45, 7) is 12.8. The average molecular weight is 444 g/mol. The first-order valence-electron chi connectivity index (χ1n) is 10.8. The number of thioether (sulfide) groups is 1. The van der Waals surface area contributed by atoms with E-state index in [1.54, 1.807) is 18.9 Å². The van der Waals surface area contributed by atoms with E-state index in [0.29, 0.717) is 11.5 Å². The molecule has 0 aliphatic heterocycles. The van der Waals surface area contributed by atoms with Crippen LogP contribution in [-0.4, -0.2) is 29.6 Å². The Labute approximate surface area is 191 Å². The van der Waals surface area contributed by atoms with Crippen LogP contribution in [0.2, 0.25) is 0 Å². The fourth-order valence-corrected chi connectivity index (χ4v) is 4.17. The maximum absolute atomic E-state index is 12.2. The lowest BCUT2D eigenvalue weighted by molar-refractivity contribution is -0.113. The van der Waals surface area contributed by atoms with Crippen LogP contribution in [-0.2, 0) is 22.0 Å². The fraction of sp³-hybridized carbons (Fsp3) is 0.500. The normalized spacial score (nSPS) is 12.0. The summed E-state index contributed by atoms with van der Waals surface area (Å²) >= 11 is 1.64. The standard InChI is InChI=1S/C26H37NO3S/c1-25(2,3)21-14-18(15-22(24(21)29)26(4,5)6)10-9-13-31-17-23(28)27-19-11-8-12-20(16-19)30-7/h8,11-12,14-16,29H,9-10,13,17H2,1-7H3,(H,27,28). The van der Waals surface area contributed by atoms with Crippen molar-refractivity contribution in [2.75, 3.05) is 23.9 Å². The Morgan fingerprint density at radius 2 is 1.65 bits per heavy atom. The number of methoxy groups -OCH3 is 1. The number of carbonyl (C=O) groups is 1. The Kier molecular flexibility index (Phi) is 8.47. The van der Waals surface area contributed by atoms with Gasteiger partial charge in [-0.3, -0.25) is 4.79 Å². The monoisotopic (exact) mass is 443 g/mol. The Hall–Kier alpha value is -2.14. The molecule has 5 heteroatoms. The number of hydrogen-bond acceptors (Lipinski definition) is 4. The molecular weight excluding hydrogens is 406 g/mol. The third-order valence-electron chi connectivity index (χ3n) is 5.13. The van der Waals surface area contributed by atoms with Crippen molar-refractivity contribution in [3.8, 4) is 11.5 Å². The second kappa shape index (κ2) is 10.4. The molecule has 2 aromatic carbocycles. The number of hydrogen-bond donors (Lipinski definition) is 2. The third-order valence-corrected chi connectivity index (χ3v) is 6.17. The van der Waals surface area contributed by atoms with Crippen molar-refractivity contribution in [2.45, 2.75) is 65.2 Å². The summed E-state index contributed by atoms with van der Waals surface area (Å²) in [7, 11) is 1.61. The van der Waals surface area contributed by atoms with E-state index >= 15 is 0 Å². The van der Waals surface area contributed by atoms with Crippen LogP contribution < -0.4 is 10.1 Å². The van der Waals surface area contributed by atoms with Crippen LogP contribution >= 0.6 is 11.8 Å². The predicted octanol–water partition coefficient (Wildman–Crippen LogP) is 6.30. The fourth-order valence-electron chi connectivity index (χ4n) is 3.42. The first-order valence-corrected chi connectivity index (χ1v) is 12.0. The minimum atomic E-state index is -0.118. The molecule has 0 aliphatic carbocycles. The van der Waals surface area contributed by atoms with E-state index < -0.39 is 0 Å². The van der Waals surface area contributed by atoms with Crippen LogP contribution in [0.4, 0.5) is 5.69 Å². The van der Waals surface area contributed by atoms with Gasteiger partial charge in [-0.1, -0.05) is 59.7 Å². The molecule has 0 aliphatic rings. The van der Waals surface area contributed by atoms with E-state index in [1.807, 2.05) is 24.3 Å². The Morgan fingerprint density at radius 1 is 1.03 bits per heavy atom. The van der Waals surface area contributed by atoms with Gasteiger partial charge in [0.1, 0.15) is 11.5 Å². The summed E-state index contributed by atoms with van der Waals surface area (Å²) in [5, 5.41) is 13.8. The van der Waals surface area contributed by atoms with E-state index in [-0.39, 0.29) is 16.7 Å². The molecule has 0 spiro atoms. The highest BCUT2D eigenvalue weighted by molar-refractivity contribution is 7.99. The molecule has 0 heterocycles. The van der Waals surface area contributed by atoms with Crippen molar-refractivity contribution < 1.29 is 14.6 Å². The number of phenolic OH excluding ortho intramolecular Hbond substituents is 1. The quantitative estimate of drug-likeness (QED) is 0.470. The number of phenols is 1. The molecule has 2 rings (SSSR count). The van der Waals surface area contributed by atoms with Gasteiger partial charge in [-0.2, -0.15) is 11.8 Å². The van der Waals surface area contributed by atoms with Crippen LogP contribution in [0.3, 0.4) is 0 Å². The summed E-state index contributed by atoms with van der Waals surface area (Å²) in [5.41, 5.74) is 3.76. The largest absolute Gasteiger partial charge is 0.507 e. The van der Waals surface area contributed by atoms with Gasteiger partial charge in [0.15, 0.2) is 0 Å². The molecule has 0 atom stereocenters. The van der Waals surface area contributed by atoms with E-state index in [9.17, 15) is 9.90 Å². The highest BCUT2D eigenvalue weighted by Crippen LogP contribution is 2.40. The minimum Gasteiger partial charge on any atom is -0.507 e. The van der Waals surface area contributed by atoms with Crippen molar-refractivity contribution in [2.24, 2.45) is 0 Å². The van der Waals surface area contributed by atoms with Gasteiger partial charge in [0.05, 0.1) is 12.9 Å². The summed E-state index contributed by atoms with van der Waals surface area (Å²) in [4.78, 5) is 12.2. The Morgan fingerprint density at radius 3 is 2.19 bits per heavy atom. The first kappa shape index (κ1) is 25.1. The number of nitrogens with one attached hydrogen (secondary N) is 1. The van der Waals surface area contributed by atoms with Gasteiger partial charge < -0.3 is 15.2 Å². The smallest absolute Gasteiger partial charge is 0.234 e. The second-order valence-corrected chi connectivity index (χ2v) is 11.1. The molecule has 170 valence electrons. The molecule has 0 aromatic heterocycles. The second-order valence-electron chi connectivity index (χ2n) is 9.98. The number of rotatable bonds is 8. The molecule has 2 aromatic rings. The Balaban J connectivity index is 1.91. The number of aromatic hydroxyl groups is 1. The number of carbonyl (C=O) groups excluding carboxylic acids is 1. The molecule has 0 radical (unpaired) electrons. The minimum absolute atomic E-state index is 0.00655. The number of benzene rings is 2. The highest BCUT2D eigenvalue weighted by atomic mass is 32.2. The van der Waals surface area contributed by atoms with Gasteiger partial charge >= 0.3 is 0 Å². The van der Waals surface area contributed by atoms with Crippen LogP contribution in [0.1, 0.15) is 64.7 Å². The van der Waals surface area contributed by atoms with Crippen molar-refractivity contribution in [1.29, 1.82) is 0 Å². The lowest BCUT2D eigenvalue weighted by Gasteiger charge is -2.28. The van der Waals surface area contributed by atoms with Crippen molar-refractivity contribution >= 4 is 23.4 Å². The van der Waals surface area contributed by atoms with E-state index in [2.05, 4.69) is 59.0 Å². The number of ether oxygens (including phenoxy) is 1.